The Kier molecular flexibility index (Phi) is 3.70. The summed E-state index contributed by atoms with van der Waals surface area (Å²) >= 11 is 0. The number of nitrogens with zero attached hydrogens (tertiary/aromatic N) is 3. The third-order valence-corrected chi connectivity index (χ3v) is 4.98. The topological polar surface area (TPSA) is 66.3 Å². The van der Waals surface area contributed by atoms with Gasteiger partial charge in [-0.2, -0.15) is 0 Å². The lowest BCUT2D eigenvalue weighted by Crippen LogP contribution is -2.38. The lowest BCUT2D eigenvalue weighted by Gasteiger charge is -2.39. The normalized spacial score (nSPS) is 22.2. The average Bonchev–Trinajstić information content (AvgIpc) is 2.90. The highest BCUT2D eigenvalue weighted by atomic mass is 16.4. The number of piperidine rings is 1. The molecule has 5 nitrogen and oxygen atoms in total. The van der Waals surface area contributed by atoms with Crippen molar-refractivity contribution in [3.8, 4) is 0 Å². The molecule has 1 aliphatic heterocycles. The molecule has 0 unspecified atom stereocenters. The van der Waals surface area contributed by atoms with Crippen LogP contribution in [0.5, 0.6) is 0 Å². The molecule has 2 fully saturated rings. The van der Waals surface area contributed by atoms with Gasteiger partial charge in [-0.25, -0.2) is 14.8 Å². The van der Waals surface area contributed by atoms with Gasteiger partial charge in [-0.1, -0.05) is 12.8 Å². The van der Waals surface area contributed by atoms with Crippen molar-refractivity contribution in [3.05, 3.63) is 23.8 Å². The highest BCUT2D eigenvalue weighted by Crippen LogP contribution is 2.46. The molecule has 1 saturated heterocycles. The third-order valence-electron chi connectivity index (χ3n) is 4.98. The van der Waals surface area contributed by atoms with E-state index >= 15 is 0 Å². The van der Waals surface area contributed by atoms with E-state index in [1.165, 1.54) is 51.0 Å². The highest BCUT2D eigenvalue weighted by molar-refractivity contribution is 5.88. The van der Waals surface area contributed by atoms with E-state index in [0.717, 1.165) is 13.1 Å². The zero-order valence-electron chi connectivity index (χ0n) is 11.7. The Morgan fingerprint density at radius 2 is 1.95 bits per heavy atom. The second-order valence-electron chi connectivity index (χ2n) is 6.17. The number of aromatic carboxylic acids is 1. The molecular weight excluding hydrogens is 254 g/mol. The summed E-state index contributed by atoms with van der Waals surface area (Å²) in [6.45, 7) is 2.74. The first-order chi connectivity index (χ1) is 9.69. The van der Waals surface area contributed by atoms with E-state index in [9.17, 15) is 4.79 Å². The number of carbonyl (C=O) groups is 1. The standard InChI is InChI=1S/C15H21N3O2/c19-14(20)12-9-16-11-17-13(12)10-18-7-5-15(6-8-18)3-1-2-4-15/h9,11H,1-8,10H2,(H,19,20). The fourth-order valence-corrected chi connectivity index (χ4v) is 3.68. The van der Waals surface area contributed by atoms with Gasteiger partial charge in [0.15, 0.2) is 0 Å². The van der Waals surface area contributed by atoms with Gasteiger partial charge in [0.1, 0.15) is 11.9 Å². The minimum atomic E-state index is -0.940. The lowest BCUT2D eigenvalue weighted by atomic mass is 9.77. The van der Waals surface area contributed by atoms with Crippen LogP contribution < -0.4 is 0 Å². The van der Waals surface area contributed by atoms with Crippen molar-refractivity contribution in [1.82, 2.24) is 14.9 Å². The van der Waals surface area contributed by atoms with Crippen LogP contribution in [0.4, 0.5) is 0 Å². The Morgan fingerprint density at radius 3 is 2.60 bits per heavy atom. The van der Waals surface area contributed by atoms with Gasteiger partial charge < -0.3 is 5.11 Å². The molecule has 1 N–H and O–H groups in total. The Balaban J connectivity index is 1.64. The molecule has 0 radical (unpaired) electrons. The van der Waals surface area contributed by atoms with Gasteiger partial charge >= 0.3 is 5.97 Å². The highest BCUT2D eigenvalue weighted by Gasteiger charge is 2.36. The van der Waals surface area contributed by atoms with Crippen molar-refractivity contribution in [1.29, 1.82) is 0 Å². The van der Waals surface area contributed by atoms with Crippen LogP contribution in [-0.4, -0.2) is 39.0 Å². The first kappa shape index (κ1) is 13.5. The van der Waals surface area contributed by atoms with Gasteiger partial charge in [0.05, 0.1) is 5.69 Å². The van der Waals surface area contributed by atoms with Gasteiger partial charge in [-0.15, -0.1) is 0 Å². The molecule has 1 aliphatic carbocycles. The maximum absolute atomic E-state index is 11.2. The molecule has 108 valence electrons. The van der Waals surface area contributed by atoms with Crippen molar-refractivity contribution in [2.24, 2.45) is 5.41 Å². The maximum atomic E-state index is 11.2. The number of carboxylic acid groups (broad SMARTS) is 1. The summed E-state index contributed by atoms with van der Waals surface area (Å²) in [6.07, 6.45) is 10.9. The summed E-state index contributed by atoms with van der Waals surface area (Å²) < 4.78 is 0. The smallest absolute Gasteiger partial charge is 0.339 e. The Labute approximate surface area is 119 Å². The molecule has 0 aromatic carbocycles. The molecule has 1 aromatic rings. The van der Waals surface area contributed by atoms with Gasteiger partial charge in [-0.3, -0.25) is 4.90 Å². The zero-order chi connectivity index (χ0) is 14.0. The van der Waals surface area contributed by atoms with E-state index in [1.807, 2.05) is 0 Å². The molecule has 5 heteroatoms. The summed E-state index contributed by atoms with van der Waals surface area (Å²) in [4.78, 5) is 21.5. The quantitative estimate of drug-likeness (QED) is 0.917. The number of hydrogen-bond donors (Lipinski definition) is 1. The number of aromatic nitrogens is 2. The van der Waals surface area contributed by atoms with E-state index in [1.54, 1.807) is 0 Å². The van der Waals surface area contributed by atoms with Crippen LogP contribution in [0.15, 0.2) is 12.5 Å². The van der Waals surface area contributed by atoms with Gasteiger partial charge in [0.2, 0.25) is 0 Å². The Bertz CT molecular complexity index is 488. The Morgan fingerprint density at radius 1 is 1.25 bits per heavy atom. The first-order valence-corrected chi connectivity index (χ1v) is 7.43. The van der Waals surface area contributed by atoms with Crippen molar-refractivity contribution in [2.75, 3.05) is 13.1 Å². The summed E-state index contributed by atoms with van der Waals surface area (Å²) in [6, 6.07) is 0. The van der Waals surface area contributed by atoms with E-state index in [4.69, 9.17) is 5.11 Å². The largest absolute Gasteiger partial charge is 0.478 e. The molecule has 0 atom stereocenters. The van der Waals surface area contributed by atoms with Gasteiger partial charge in [0.25, 0.3) is 0 Å². The maximum Gasteiger partial charge on any atom is 0.339 e. The predicted octanol–water partition coefficient (Wildman–Crippen LogP) is 2.33. The van der Waals surface area contributed by atoms with Crippen LogP contribution in [0.2, 0.25) is 0 Å². The zero-order valence-corrected chi connectivity index (χ0v) is 11.7. The van der Waals surface area contributed by atoms with E-state index in [2.05, 4.69) is 14.9 Å². The molecule has 20 heavy (non-hydrogen) atoms. The second kappa shape index (κ2) is 5.48. The summed E-state index contributed by atoms with van der Waals surface area (Å²) in [5.74, 6) is -0.940. The number of hydrogen-bond acceptors (Lipinski definition) is 4. The Hall–Kier alpha value is -1.49. The fraction of sp³-hybridized carbons (Fsp3) is 0.667. The summed E-state index contributed by atoms with van der Waals surface area (Å²) in [5, 5.41) is 9.16. The van der Waals surface area contributed by atoms with Crippen molar-refractivity contribution >= 4 is 5.97 Å². The molecule has 1 saturated carbocycles. The van der Waals surface area contributed by atoms with Crippen LogP contribution >= 0.6 is 0 Å². The predicted molar refractivity (Wildman–Crippen MR) is 74.4 cm³/mol. The molecule has 0 bridgehead atoms. The molecule has 3 rings (SSSR count). The van der Waals surface area contributed by atoms with Crippen LogP contribution in [0, 0.1) is 5.41 Å². The molecule has 0 amide bonds. The first-order valence-electron chi connectivity index (χ1n) is 7.43. The lowest BCUT2D eigenvalue weighted by molar-refractivity contribution is 0.0688. The molecular formula is C15H21N3O2. The van der Waals surface area contributed by atoms with Crippen LogP contribution in [0.25, 0.3) is 0 Å². The summed E-state index contributed by atoms with van der Waals surface area (Å²) in [5.41, 5.74) is 1.46. The minimum Gasteiger partial charge on any atom is -0.478 e. The van der Waals surface area contributed by atoms with Crippen molar-refractivity contribution < 1.29 is 9.90 Å². The monoisotopic (exact) mass is 275 g/mol. The van der Waals surface area contributed by atoms with Crippen LogP contribution in [-0.2, 0) is 6.54 Å². The SMILES string of the molecule is O=C(O)c1cncnc1CN1CCC2(CCCC2)CC1. The molecule has 1 aromatic heterocycles. The second-order valence-corrected chi connectivity index (χ2v) is 6.17. The number of likely N-dealkylation sites (tertiary alicyclic amines) is 1. The summed E-state index contributed by atoms with van der Waals surface area (Å²) in [7, 11) is 0. The molecule has 1 spiro atoms. The third kappa shape index (κ3) is 2.68. The van der Waals surface area contributed by atoms with Gasteiger partial charge in [0, 0.05) is 12.7 Å². The van der Waals surface area contributed by atoms with Gasteiger partial charge in [-0.05, 0) is 44.2 Å². The van der Waals surface area contributed by atoms with Crippen LogP contribution in [0.3, 0.4) is 0 Å². The van der Waals surface area contributed by atoms with E-state index < -0.39 is 5.97 Å². The fourth-order valence-electron chi connectivity index (χ4n) is 3.68. The van der Waals surface area contributed by atoms with E-state index in [0.29, 0.717) is 17.7 Å². The minimum absolute atomic E-state index is 0.230. The van der Waals surface area contributed by atoms with Crippen LogP contribution in [0.1, 0.15) is 54.6 Å². The van der Waals surface area contributed by atoms with Crippen molar-refractivity contribution in [3.63, 3.8) is 0 Å². The molecule has 2 heterocycles. The number of rotatable bonds is 3. The molecule has 2 aliphatic rings. The average molecular weight is 275 g/mol. The van der Waals surface area contributed by atoms with Crippen molar-refractivity contribution in [2.45, 2.75) is 45.1 Å². The van der Waals surface area contributed by atoms with E-state index in [-0.39, 0.29) is 5.56 Å². The number of carboxylic acids is 1.